The Balaban J connectivity index is 1.67. The average molecular weight is 499 g/mol. The number of carbonyl (C=O) groups excluding carboxylic acids is 1. The van der Waals surface area contributed by atoms with Crippen molar-refractivity contribution in [3.63, 3.8) is 0 Å². The van der Waals surface area contributed by atoms with Gasteiger partial charge in [0.15, 0.2) is 11.6 Å². The number of ether oxygens (including phenoxy) is 2. The van der Waals surface area contributed by atoms with Crippen LogP contribution in [0.15, 0.2) is 96.5 Å². The highest BCUT2D eigenvalue weighted by molar-refractivity contribution is 6.01. The molecule has 37 heavy (non-hydrogen) atoms. The minimum absolute atomic E-state index is 0.0852. The van der Waals surface area contributed by atoms with E-state index in [1.807, 2.05) is 73.7 Å². The van der Waals surface area contributed by atoms with Crippen molar-refractivity contribution in [2.75, 3.05) is 19.8 Å². The Morgan fingerprint density at radius 2 is 1.73 bits per heavy atom. The van der Waals surface area contributed by atoms with Gasteiger partial charge in [0.05, 0.1) is 6.61 Å². The average Bonchev–Trinajstić information content (AvgIpc) is 3.33. The molecule has 6 nitrogen and oxygen atoms in total. The Hall–Kier alpha value is -3.90. The fourth-order valence-corrected chi connectivity index (χ4v) is 4.41. The van der Waals surface area contributed by atoms with Crippen LogP contribution in [0.5, 0.6) is 5.75 Å². The zero-order chi connectivity index (χ0) is 26.1. The Kier molecular flexibility index (Phi) is 8.75. The second-order valence-electron chi connectivity index (χ2n) is 9.03. The van der Waals surface area contributed by atoms with Crippen LogP contribution in [-0.2, 0) is 9.53 Å². The number of aliphatic imine (C=N–C) groups is 1. The normalized spacial score (nSPS) is 18.5. The predicted molar refractivity (Wildman–Crippen MR) is 147 cm³/mol. The highest BCUT2D eigenvalue weighted by atomic mass is 16.5. The molecule has 1 aliphatic heterocycles. The molecule has 1 heterocycles. The van der Waals surface area contributed by atoms with Crippen LogP contribution in [0.4, 0.5) is 0 Å². The fraction of sp³-hybridized carbons (Fsp3) is 0.290. The molecule has 0 aliphatic carbocycles. The Morgan fingerprint density at radius 3 is 2.38 bits per heavy atom. The molecular weight excluding hydrogens is 464 g/mol. The summed E-state index contributed by atoms with van der Waals surface area (Å²) >= 11 is 0. The number of aliphatic hydroxyl groups excluding tert-OH is 1. The summed E-state index contributed by atoms with van der Waals surface area (Å²) in [6.07, 6.45) is 2.84. The van der Waals surface area contributed by atoms with Crippen LogP contribution in [0.3, 0.4) is 0 Å². The zero-order valence-corrected chi connectivity index (χ0v) is 21.2. The molecule has 0 saturated carbocycles. The molecule has 192 valence electrons. The molecule has 1 amide bonds. The van der Waals surface area contributed by atoms with Gasteiger partial charge in [-0.15, -0.1) is 6.58 Å². The van der Waals surface area contributed by atoms with E-state index < -0.39 is 11.6 Å². The summed E-state index contributed by atoms with van der Waals surface area (Å²) in [5, 5.41) is 12.0. The van der Waals surface area contributed by atoms with E-state index in [4.69, 9.17) is 19.6 Å². The number of aliphatic hydroxyl groups is 1. The zero-order valence-electron chi connectivity index (χ0n) is 21.2. The Labute approximate surface area is 218 Å². The van der Waals surface area contributed by atoms with E-state index in [-0.39, 0.29) is 12.5 Å². The van der Waals surface area contributed by atoms with Gasteiger partial charge in [-0.1, -0.05) is 67.6 Å². The molecule has 2 atom stereocenters. The standard InChI is InChI=1S/C31H34N2O4/c1-3-19-31(30(35)32-20-4-2)28(25-13-11-24(12-14-25)23-9-6-5-7-10-23)37-29(33-31)26-15-17-27(18-16-26)36-22-8-21-34/h3,5-7,9-18,28,34H,1,4,8,19-22H2,2H3,(H,32,35)/t28-,31-/m1/s1. The molecule has 0 saturated heterocycles. The number of rotatable bonds is 12. The number of amides is 1. The second-order valence-corrected chi connectivity index (χ2v) is 9.03. The van der Waals surface area contributed by atoms with Crippen molar-refractivity contribution in [2.45, 2.75) is 37.8 Å². The van der Waals surface area contributed by atoms with E-state index in [2.05, 4.69) is 24.0 Å². The number of nitrogens with zero attached hydrogens (tertiary/aromatic N) is 1. The number of hydrogen-bond acceptors (Lipinski definition) is 5. The van der Waals surface area contributed by atoms with Crippen molar-refractivity contribution < 1.29 is 19.4 Å². The minimum atomic E-state index is -1.17. The lowest BCUT2D eigenvalue weighted by atomic mass is 9.84. The van der Waals surface area contributed by atoms with E-state index in [0.29, 0.717) is 37.6 Å². The smallest absolute Gasteiger partial charge is 0.252 e. The van der Waals surface area contributed by atoms with Gasteiger partial charge in [-0.25, -0.2) is 4.99 Å². The fourth-order valence-electron chi connectivity index (χ4n) is 4.41. The van der Waals surface area contributed by atoms with Crippen LogP contribution in [0.2, 0.25) is 0 Å². The van der Waals surface area contributed by atoms with Crippen LogP contribution >= 0.6 is 0 Å². The molecule has 0 fully saturated rings. The van der Waals surface area contributed by atoms with Crippen LogP contribution in [-0.4, -0.2) is 42.2 Å². The molecular formula is C31H34N2O4. The Bertz CT molecular complexity index is 1210. The van der Waals surface area contributed by atoms with Crippen LogP contribution in [0, 0.1) is 0 Å². The quantitative estimate of drug-likeness (QED) is 0.256. The summed E-state index contributed by atoms with van der Waals surface area (Å²) < 4.78 is 12.1. The lowest BCUT2D eigenvalue weighted by Gasteiger charge is -2.29. The summed E-state index contributed by atoms with van der Waals surface area (Å²) in [4.78, 5) is 18.5. The minimum Gasteiger partial charge on any atom is -0.494 e. The van der Waals surface area contributed by atoms with Crippen molar-refractivity contribution >= 4 is 11.8 Å². The van der Waals surface area contributed by atoms with Crippen LogP contribution in [0.25, 0.3) is 11.1 Å². The van der Waals surface area contributed by atoms with Crippen molar-refractivity contribution in [2.24, 2.45) is 4.99 Å². The highest BCUT2D eigenvalue weighted by Gasteiger charge is 2.52. The predicted octanol–water partition coefficient (Wildman–Crippen LogP) is 5.47. The van der Waals surface area contributed by atoms with Crippen molar-refractivity contribution in [3.8, 4) is 16.9 Å². The van der Waals surface area contributed by atoms with Crippen molar-refractivity contribution in [1.29, 1.82) is 0 Å². The SMILES string of the molecule is C=CC[C@@]1(C(=O)NCCC)N=C(c2ccc(OCCCO)cc2)O[C@@H]1c1ccc(-c2ccccc2)cc1. The summed E-state index contributed by atoms with van der Waals surface area (Å²) in [6, 6.07) is 25.7. The number of carbonyl (C=O) groups is 1. The van der Waals surface area contributed by atoms with E-state index in [1.165, 1.54) is 0 Å². The molecule has 0 spiro atoms. The van der Waals surface area contributed by atoms with Gasteiger partial charge in [0, 0.05) is 31.6 Å². The Morgan fingerprint density at radius 1 is 1.05 bits per heavy atom. The van der Waals surface area contributed by atoms with Gasteiger partial charge < -0.3 is 19.9 Å². The first kappa shape index (κ1) is 26.2. The van der Waals surface area contributed by atoms with Gasteiger partial charge in [0.25, 0.3) is 5.91 Å². The molecule has 0 aromatic heterocycles. The van der Waals surface area contributed by atoms with Gasteiger partial charge in [0.1, 0.15) is 5.75 Å². The number of benzene rings is 3. The van der Waals surface area contributed by atoms with Crippen molar-refractivity contribution in [3.05, 3.63) is 103 Å². The van der Waals surface area contributed by atoms with Gasteiger partial charge >= 0.3 is 0 Å². The summed E-state index contributed by atoms with van der Waals surface area (Å²) in [5.41, 5.74) is 2.67. The highest BCUT2D eigenvalue weighted by Crippen LogP contribution is 2.43. The van der Waals surface area contributed by atoms with E-state index >= 15 is 0 Å². The maximum absolute atomic E-state index is 13.6. The molecule has 2 N–H and O–H groups in total. The number of hydrogen-bond donors (Lipinski definition) is 2. The number of nitrogens with one attached hydrogen (secondary N) is 1. The largest absolute Gasteiger partial charge is 0.494 e. The lowest BCUT2D eigenvalue weighted by Crippen LogP contribution is -2.48. The van der Waals surface area contributed by atoms with E-state index in [9.17, 15) is 4.79 Å². The summed E-state index contributed by atoms with van der Waals surface area (Å²) in [5.74, 6) is 0.930. The van der Waals surface area contributed by atoms with E-state index in [0.717, 1.165) is 28.7 Å². The molecule has 0 bridgehead atoms. The maximum atomic E-state index is 13.6. The second kappa shape index (κ2) is 12.4. The third-order valence-corrected chi connectivity index (χ3v) is 6.34. The van der Waals surface area contributed by atoms with Crippen LogP contribution in [0.1, 0.15) is 43.4 Å². The lowest BCUT2D eigenvalue weighted by molar-refractivity contribution is -0.128. The van der Waals surface area contributed by atoms with E-state index in [1.54, 1.807) is 6.08 Å². The molecule has 4 rings (SSSR count). The molecule has 3 aromatic rings. The molecule has 0 radical (unpaired) electrons. The molecule has 6 heteroatoms. The molecule has 3 aromatic carbocycles. The van der Waals surface area contributed by atoms with Crippen molar-refractivity contribution in [1.82, 2.24) is 5.32 Å². The topological polar surface area (TPSA) is 80.2 Å². The third kappa shape index (κ3) is 5.92. The summed E-state index contributed by atoms with van der Waals surface area (Å²) in [7, 11) is 0. The summed E-state index contributed by atoms with van der Waals surface area (Å²) in [6.45, 7) is 7.02. The molecule has 1 aliphatic rings. The van der Waals surface area contributed by atoms with Crippen LogP contribution < -0.4 is 10.1 Å². The van der Waals surface area contributed by atoms with Gasteiger partial charge in [0.2, 0.25) is 5.90 Å². The van der Waals surface area contributed by atoms with Gasteiger partial charge in [-0.3, -0.25) is 4.79 Å². The third-order valence-electron chi connectivity index (χ3n) is 6.34. The first-order valence-corrected chi connectivity index (χ1v) is 12.8. The molecule has 0 unspecified atom stereocenters. The first-order valence-electron chi connectivity index (χ1n) is 12.8. The first-order chi connectivity index (χ1) is 18.1. The monoisotopic (exact) mass is 498 g/mol. The van der Waals surface area contributed by atoms with Gasteiger partial charge in [-0.05, 0) is 47.4 Å². The van der Waals surface area contributed by atoms with Gasteiger partial charge in [-0.2, -0.15) is 0 Å². The maximum Gasteiger partial charge on any atom is 0.252 e.